The fraction of sp³-hybridized carbons (Fsp3) is 0.333. The summed E-state index contributed by atoms with van der Waals surface area (Å²) in [4.78, 5) is 22.0. The maximum absolute atomic E-state index is 12.0. The molecule has 1 rings (SSSR count). The van der Waals surface area contributed by atoms with Gasteiger partial charge in [0.15, 0.2) is 0 Å². The van der Waals surface area contributed by atoms with Crippen LogP contribution in [-0.2, 0) is 4.79 Å². The normalized spacial score (nSPS) is 12.2. The van der Waals surface area contributed by atoms with Crippen molar-refractivity contribution < 1.29 is 28.2 Å². The minimum atomic E-state index is -3.03. The number of hydrogen-bond acceptors (Lipinski definition) is 4. The van der Waals surface area contributed by atoms with Crippen LogP contribution in [0.15, 0.2) is 11.4 Å². The fourth-order valence-electron chi connectivity index (χ4n) is 0.976. The third-order valence-electron chi connectivity index (χ3n) is 1.77. The summed E-state index contributed by atoms with van der Waals surface area (Å²) in [5.74, 6) is -2.24. The number of halogens is 2. The maximum Gasteiger partial charge on any atom is 0.387 e. The van der Waals surface area contributed by atoms with Crippen molar-refractivity contribution in [1.82, 2.24) is 5.32 Å². The highest BCUT2D eigenvalue weighted by molar-refractivity contribution is 7.12. The molecule has 8 heteroatoms. The molecule has 0 saturated heterocycles. The first kappa shape index (κ1) is 13.4. The van der Waals surface area contributed by atoms with Gasteiger partial charge in [-0.1, -0.05) is 0 Å². The summed E-state index contributed by atoms with van der Waals surface area (Å²) in [5.41, 5.74) is 0. The Balaban J connectivity index is 2.75. The van der Waals surface area contributed by atoms with Crippen molar-refractivity contribution in [2.45, 2.75) is 19.6 Å². The van der Waals surface area contributed by atoms with E-state index >= 15 is 0 Å². The second-order valence-electron chi connectivity index (χ2n) is 3.03. The van der Waals surface area contributed by atoms with Crippen LogP contribution in [0.1, 0.15) is 16.6 Å². The van der Waals surface area contributed by atoms with Gasteiger partial charge in [0, 0.05) is 0 Å². The molecular formula is C9H9F2NO4S. The third-order valence-corrected chi connectivity index (χ3v) is 2.66. The van der Waals surface area contributed by atoms with E-state index in [4.69, 9.17) is 5.11 Å². The first-order valence-electron chi connectivity index (χ1n) is 4.47. The van der Waals surface area contributed by atoms with Crippen molar-refractivity contribution in [2.24, 2.45) is 0 Å². The van der Waals surface area contributed by atoms with Crippen LogP contribution in [0.4, 0.5) is 8.78 Å². The molecule has 5 nitrogen and oxygen atoms in total. The minimum Gasteiger partial charge on any atom is -0.480 e. The zero-order valence-electron chi connectivity index (χ0n) is 8.65. The zero-order chi connectivity index (χ0) is 13.0. The molecule has 94 valence electrons. The second-order valence-corrected chi connectivity index (χ2v) is 3.94. The smallest absolute Gasteiger partial charge is 0.387 e. The van der Waals surface area contributed by atoms with Crippen LogP contribution in [0, 0.1) is 0 Å². The summed E-state index contributed by atoms with van der Waals surface area (Å²) in [6.45, 7) is -1.77. The second kappa shape index (κ2) is 5.58. The molecule has 1 atom stereocenters. The summed E-state index contributed by atoms with van der Waals surface area (Å²) in [6, 6.07) is 0.112. The number of alkyl halides is 2. The van der Waals surface area contributed by atoms with Crippen molar-refractivity contribution in [3.63, 3.8) is 0 Å². The molecular weight excluding hydrogens is 256 g/mol. The van der Waals surface area contributed by atoms with Gasteiger partial charge in [-0.15, -0.1) is 11.3 Å². The van der Waals surface area contributed by atoms with Gasteiger partial charge in [-0.05, 0) is 18.4 Å². The number of carbonyl (C=O) groups is 2. The molecule has 1 heterocycles. The molecule has 0 unspecified atom stereocenters. The summed E-state index contributed by atoms with van der Waals surface area (Å²) in [7, 11) is 0. The van der Waals surface area contributed by atoms with E-state index in [9.17, 15) is 18.4 Å². The third kappa shape index (κ3) is 3.66. The van der Waals surface area contributed by atoms with E-state index in [1.807, 2.05) is 0 Å². The monoisotopic (exact) mass is 265 g/mol. The number of carboxylic acids is 1. The number of nitrogens with one attached hydrogen (secondary N) is 1. The van der Waals surface area contributed by atoms with Crippen molar-refractivity contribution in [1.29, 1.82) is 0 Å². The maximum atomic E-state index is 12.0. The number of amides is 1. The highest BCUT2D eigenvalue weighted by atomic mass is 32.1. The van der Waals surface area contributed by atoms with Crippen LogP contribution in [0.25, 0.3) is 0 Å². The predicted molar refractivity (Wildman–Crippen MR) is 55.5 cm³/mol. The van der Waals surface area contributed by atoms with E-state index in [0.29, 0.717) is 0 Å². The first-order chi connectivity index (χ1) is 7.91. The molecule has 0 aliphatic rings. The Bertz CT molecular complexity index is 421. The van der Waals surface area contributed by atoms with E-state index in [-0.39, 0.29) is 10.6 Å². The number of carbonyl (C=O) groups excluding carboxylic acids is 1. The molecule has 2 N–H and O–H groups in total. The molecule has 17 heavy (non-hydrogen) atoms. The molecule has 0 aliphatic heterocycles. The number of rotatable bonds is 5. The van der Waals surface area contributed by atoms with Crippen molar-refractivity contribution in [2.75, 3.05) is 0 Å². The molecule has 1 amide bonds. The van der Waals surface area contributed by atoms with Crippen LogP contribution in [-0.4, -0.2) is 29.6 Å². The summed E-state index contributed by atoms with van der Waals surface area (Å²) >= 11 is 0.890. The lowest BCUT2D eigenvalue weighted by molar-refractivity contribution is -0.138. The van der Waals surface area contributed by atoms with Crippen molar-refractivity contribution in [3.8, 4) is 5.75 Å². The first-order valence-corrected chi connectivity index (χ1v) is 5.35. The standard InChI is InChI=1S/C9H9F2NO4S/c1-4(8(14)15)12-7(13)6-5(2-3-17-6)16-9(10)11/h2-4,9H,1H3,(H,12,13)(H,14,15)/t4-/m1/s1. The number of carboxylic acid groups (broad SMARTS) is 1. The predicted octanol–water partition coefficient (Wildman–Crippen LogP) is 1.55. The molecule has 0 spiro atoms. The van der Waals surface area contributed by atoms with Gasteiger partial charge in [-0.3, -0.25) is 9.59 Å². The van der Waals surface area contributed by atoms with Crippen molar-refractivity contribution in [3.05, 3.63) is 16.3 Å². The molecule has 0 bridgehead atoms. The number of aliphatic carboxylic acids is 1. The topological polar surface area (TPSA) is 75.6 Å². The largest absolute Gasteiger partial charge is 0.480 e. The van der Waals surface area contributed by atoms with Crippen LogP contribution >= 0.6 is 11.3 Å². The number of thiophene rings is 1. The van der Waals surface area contributed by atoms with Gasteiger partial charge < -0.3 is 15.2 Å². The van der Waals surface area contributed by atoms with E-state index in [1.54, 1.807) is 0 Å². The molecule has 0 aliphatic carbocycles. The van der Waals surface area contributed by atoms with Gasteiger partial charge in [0.1, 0.15) is 16.7 Å². The molecule has 0 fully saturated rings. The van der Waals surface area contributed by atoms with E-state index < -0.39 is 24.5 Å². The lowest BCUT2D eigenvalue weighted by Crippen LogP contribution is -2.38. The van der Waals surface area contributed by atoms with Gasteiger partial charge in [-0.25, -0.2) is 0 Å². The van der Waals surface area contributed by atoms with Gasteiger partial charge in [0.05, 0.1) is 0 Å². The van der Waals surface area contributed by atoms with Crippen LogP contribution in [0.2, 0.25) is 0 Å². The molecule has 0 radical (unpaired) electrons. The Hall–Kier alpha value is -1.70. The van der Waals surface area contributed by atoms with Gasteiger partial charge in [0.25, 0.3) is 5.91 Å². The van der Waals surface area contributed by atoms with Crippen LogP contribution in [0.3, 0.4) is 0 Å². The highest BCUT2D eigenvalue weighted by Gasteiger charge is 2.21. The van der Waals surface area contributed by atoms with Crippen molar-refractivity contribution >= 4 is 23.2 Å². The number of hydrogen-bond donors (Lipinski definition) is 2. The fourth-order valence-corrected chi connectivity index (χ4v) is 1.70. The Morgan fingerprint density at radius 2 is 2.18 bits per heavy atom. The minimum absolute atomic E-state index is 0.0848. The Morgan fingerprint density at radius 3 is 2.71 bits per heavy atom. The molecule has 1 aromatic heterocycles. The molecule has 1 aromatic rings. The van der Waals surface area contributed by atoms with Gasteiger partial charge >= 0.3 is 12.6 Å². The average molecular weight is 265 g/mol. The van der Waals surface area contributed by atoms with E-state index in [1.165, 1.54) is 18.4 Å². The van der Waals surface area contributed by atoms with Crippen LogP contribution in [0.5, 0.6) is 5.75 Å². The van der Waals surface area contributed by atoms with Gasteiger partial charge in [0.2, 0.25) is 0 Å². The molecule has 0 saturated carbocycles. The zero-order valence-corrected chi connectivity index (χ0v) is 9.46. The SMILES string of the molecule is C[C@@H](NC(=O)c1sccc1OC(F)F)C(=O)O. The van der Waals surface area contributed by atoms with Gasteiger partial charge in [-0.2, -0.15) is 8.78 Å². The van der Waals surface area contributed by atoms with Crippen LogP contribution < -0.4 is 10.1 Å². The number of ether oxygens (including phenoxy) is 1. The Kier molecular flexibility index (Phi) is 4.38. The van der Waals surface area contributed by atoms with E-state index in [0.717, 1.165) is 11.3 Å². The quantitative estimate of drug-likeness (QED) is 0.847. The summed E-state index contributed by atoms with van der Waals surface area (Å²) < 4.78 is 28.1. The van der Waals surface area contributed by atoms with E-state index in [2.05, 4.69) is 10.1 Å². The Labute approximate surface area is 99.0 Å². The summed E-state index contributed by atoms with van der Waals surface area (Å²) in [5, 5.41) is 12.1. The highest BCUT2D eigenvalue weighted by Crippen LogP contribution is 2.26. The Morgan fingerprint density at radius 1 is 1.53 bits per heavy atom. The lowest BCUT2D eigenvalue weighted by Gasteiger charge is -2.09. The average Bonchev–Trinajstić information content (AvgIpc) is 2.64. The summed E-state index contributed by atoms with van der Waals surface area (Å²) in [6.07, 6.45) is 0. The lowest BCUT2D eigenvalue weighted by atomic mass is 10.3. The molecule has 0 aromatic carbocycles.